The Labute approximate surface area is 136 Å². The number of likely N-dealkylation sites (tertiary alicyclic amines) is 1. The minimum absolute atomic E-state index is 0.0708. The summed E-state index contributed by atoms with van der Waals surface area (Å²) in [5.74, 6) is 0.834. The normalized spacial score (nSPS) is 25.0. The number of rotatable bonds is 4. The second-order valence-corrected chi connectivity index (χ2v) is 7.31. The van der Waals surface area contributed by atoms with Gasteiger partial charge < -0.3 is 14.4 Å². The second kappa shape index (κ2) is 5.68. The van der Waals surface area contributed by atoms with Crippen molar-refractivity contribution in [1.82, 2.24) is 4.90 Å². The third-order valence-corrected chi connectivity index (χ3v) is 5.40. The molecular formula is C19H23NO3. The van der Waals surface area contributed by atoms with Crippen LogP contribution in [0.1, 0.15) is 42.5 Å². The zero-order valence-electron chi connectivity index (χ0n) is 13.3. The highest BCUT2D eigenvalue weighted by atomic mass is 16.3. The highest BCUT2D eigenvalue weighted by Gasteiger charge is 2.41. The number of carbonyl (C=O) groups excluding carboxylic acids is 1. The Hall–Kier alpha value is -1.81. The van der Waals surface area contributed by atoms with Crippen LogP contribution in [0.3, 0.4) is 0 Å². The summed E-state index contributed by atoms with van der Waals surface area (Å²) in [7, 11) is 0. The van der Waals surface area contributed by atoms with E-state index in [1.807, 2.05) is 29.2 Å². The molecule has 1 atom stereocenters. The van der Waals surface area contributed by atoms with Crippen LogP contribution in [-0.2, 0) is 0 Å². The quantitative estimate of drug-likeness (QED) is 0.940. The molecule has 2 fully saturated rings. The first-order valence-electron chi connectivity index (χ1n) is 8.57. The molecule has 1 saturated carbocycles. The Kier molecular flexibility index (Phi) is 3.64. The van der Waals surface area contributed by atoms with E-state index in [0.29, 0.717) is 12.1 Å². The Morgan fingerprint density at radius 3 is 3.00 bits per heavy atom. The lowest BCUT2D eigenvalue weighted by Crippen LogP contribution is -2.48. The number of amides is 1. The van der Waals surface area contributed by atoms with Crippen LogP contribution in [0.2, 0.25) is 0 Å². The topological polar surface area (TPSA) is 53.7 Å². The van der Waals surface area contributed by atoms with Crippen molar-refractivity contribution in [2.75, 3.05) is 19.7 Å². The number of hydrogen-bond donors (Lipinski definition) is 1. The molecule has 4 rings (SSSR count). The lowest BCUT2D eigenvalue weighted by Gasteiger charge is -2.42. The molecule has 1 aliphatic carbocycles. The van der Waals surface area contributed by atoms with Crippen LogP contribution in [0, 0.1) is 11.3 Å². The molecule has 0 bridgehead atoms. The summed E-state index contributed by atoms with van der Waals surface area (Å²) < 4.78 is 5.34. The summed E-state index contributed by atoms with van der Waals surface area (Å²) in [4.78, 5) is 14.8. The number of benzene rings is 1. The van der Waals surface area contributed by atoms with Gasteiger partial charge in [0.1, 0.15) is 5.58 Å². The molecule has 1 amide bonds. The number of furan rings is 1. The first kappa shape index (κ1) is 14.8. The Morgan fingerprint density at radius 2 is 2.22 bits per heavy atom. The Bertz CT molecular complexity index is 718. The van der Waals surface area contributed by atoms with Crippen molar-refractivity contribution in [3.8, 4) is 0 Å². The summed E-state index contributed by atoms with van der Waals surface area (Å²) in [6.45, 7) is 1.66. The zero-order chi connectivity index (χ0) is 15.9. The molecular weight excluding hydrogens is 290 g/mol. The van der Waals surface area contributed by atoms with Gasteiger partial charge in [-0.3, -0.25) is 4.79 Å². The van der Waals surface area contributed by atoms with Gasteiger partial charge in [0.05, 0.1) is 12.9 Å². The van der Waals surface area contributed by atoms with Gasteiger partial charge >= 0.3 is 0 Å². The number of nitrogens with zero attached hydrogens (tertiary/aromatic N) is 1. The highest BCUT2D eigenvalue weighted by molar-refractivity contribution is 5.97. The van der Waals surface area contributed by atoms with Gasteiger partial charge in [-0.2, -0.15) is 0 Å². The van der Waals surface area contributed by atoms with Crippen LogP contribution in [0.15, 0.2) is 34.9 Å². The van der Waals surface area contributed by atoms with E-state index >= 15 is 0 Å². The van der Waals surface area contributed by atoms with Crippen LogP contribution >= 0.6 is 0 Å². The minimum atomic E-state index is -0.0885. The first-order valence-corrected chi connectivity index (χ1v) is 8.57. The average molecular weight is 313 g/mol. The fourth-order valence-electron chi connectivity index (χ4n) is 3.96. The molecule has 2 heterocycles. The van der Waals surface area contributed by atoms with E-state index in [9.17, 15) is 9.90 Å². The number of hydrogen-bond acceptors (Lipinski definition) is 3. The molecule has 2 aliphatic rings. The number of piperidine rings is 1. The SMILES string of the molecule is O=C(c1ccc2occc2c1)N1CCC[C@](CO)(CC2CC2)C1. The monoisotopic (exact) mass is 313 g/mol. The molecule has 1 aliphatic heterocycles. The predicted octanol–water partition coefficient (Wildman–Crippen LogP) is 3.45. The summed E-state index contributed by atoms with van der Waals surface area (Å²) in [5.41, 5.74) is 1.42. The van der Waals surface area contributed by atoms with Crippen molar-refractivity contribution in [3.63, 3.8) is 0 Å². The molecule has 1 aromatic carbocycles. The zero-order valence-corrected chi connectivity index (χ0v) is 13.3. The van der Waals surface area contributed by atoms with Gasteiger partial charge in [0.15, 0.2) is 0 Å². The lowest BCUT2D eigenvalue weighted by molar-refractivity contribution is 0.0196. The molecule has 0 unspecified atom stereocenters. The number of aliphatic hydroxyl groups excluding tert-OH is 1. The van der Waals surface area contributed by atoms with Gasteiger partial charge in [0.25, 0.3) is 5.91 Å². The van der Waals surface area contributed by atoms with Gasteiger partial charge in [-0.15, -0.1) is 0 Å². The van der Waals surface area contributed by atoms with Crippen molar-refractivity contribution in [1.29, 1.82) is 0 Å². The van der Waals surface area contributed by atoms with E-state index < -0.39 is 0 Å². The number of carbonyl (C=O) groups is 1. The van der Waals surface area contributed by atoms with E-state index in [1.54, 1.807) is 6.26 Å². The molecule has 1 aromatic heterocycles. The van der Waals surface area contributed by atoms with E-state index in [2.05, 4.69) is 0 Å². The van der Waals surface area contributed by atoms with Crippen molar-refractivity contribution < 1.29 is 14.3 Å². The van der Waals surface area contributed by atoms with Crippen molar-refractivity contribution in [2.24, 2.45) is 11.3 Å². The lowest BCUT2D eigenvalue weighted by atomic mass is 9.76. The molecule has 4 nitrogen and oxygen atoms in total. The predicted molar refractivity (Wildman–Crippen MR) is 88.2 cm³/mol. The first-order chi connectivity index (χ1) is 11.2. The van der Waals surface area contributed by atoms with Gasteiger partial charge in [0.2, 0.25) is 0 Å². The third kappa shape index (κ3) is 2.88. The van der Waals surface area contributed by atoms with Crippen LogP contribution in [0.4, 0.5) is 0 Å². The summed E-state index contributed by atoms with van der Waals surface area (Å²) >= 11 is 0. The largest absolute Gasteiger partial charge is 0.464 e. The maximum Gasteiger partial charge on any atom is 0.253 e. The molecule has 23 heavy (non-hydrogen) atoms. The van der Waals surface area contributed by atoms with Crippen molar-refractivity contribution >= 4 is 16.9 Å². The summed E-state index contributed by atoms with van der Waals surface area (Å²) in [6.07, 6.45) is 7.29. The maximum atomic E-state index is 12.9. The van der Waals surface area contributed by atoms with Crippen LogP contribution < -0.4 is 0 Å². The average Bonchev–Trinajstić information content (AvgIpc) is 3.26. The molecule has 0 spiro atoms. The van der Waals surface area contributed by atoms with Crippen LogP contribution in [-0.4, -0.2) is 35.6 Å². The maximum absolute atomic E-state index is 12.9. The summed E-state index contributed by atoms with van der Waals surface area (Å²) in [5, 5.41) is 10.9. The fourth-order valence-corrected chi connectivity index (χ4v) is 3.96. The third-order valence-electron chi connectivity index (χ3n) is 5.40. The molecule has 1 N–H and O–H groups in total. The van der Waals surface area contributed by atoms with Crippen molar-refractivity contribution in [3.05, 3.63) is 36.1 Å². The van der Waals surface area contributed by atoms with Crippen molar-refractivity contribution in [2.45, 2.75) is 32.1 Å². The van der Waals surface area contributed by atoms with Crippen LogP contribution in [0.5, 0.6) is 0 Å². The van der Waals surface area contributed by atoms with Gasteiger partial charge in [0, 0.05) is 29.5 Å². The van der Waals surface area contributed by atoms with Gasteiger partial charge in [-0.05, 0) is 49.4 Å². The Balaban J connectivity index is 1.54. The fraction of sp³-hybridized carbons (Fsp3) is 0.526. The van der Waals surface area contributed by atoms with Crippen LogP contribution in [0.25, 0.3) is 11.0 Å². The molecule has 2 aromatic rings. The van der Waals surface area contributed by atoms with E-state index in [1.165, 1.54) is 12.8 Å². The standard InChI is InChI=1S/C19H23NO3/c21-13-19(11-14-2-3-14)7-1-8-20(12-19)18(22)16-4-5-17-15(10-16)6-9-23-17/h4-6,9-10,14,21H,1-3,7-8,11-13H2/t19-/m0/s1. The number of aliphatic hydroxyl groups is 1. The summed E-state index contributed by atoms with van der Waals surface area (Å²) in [6, 6.07) is 7.48. The molecule has 1 saturated heterocycles. The molecule has 122 valence electrons. The van der Waals surface area contributed by atoms with Gasteiger partial charge in [-0.1, -0.05) is 12.8 Å². The van der Waals surface area contributed by atoms with Gasteiger partial charge in [-0.25, -0.2) is 0 Å². The molecule has 4 heteroatoms. The second-order valence-electron chi connectivity index (χ2n) is 7.31. The highest BCUT2D eigenvalue weighted by Crippen LogP contribution is 2.44. The molecule has 0 radical (unpaired) electrons. The minimum Gasteiger partial charge on any atom is -0.464 e. The van der Waals surface area contributed by atoms with E-state index in [0.717, 1.165) is 42.7 Å². The van der Waals surface area contributed by atoms with E-state index in [-0.39, 0.29) is 17.9 Å². The Morgan fingerprint density at radius 1 is 1.35 bits per heavy atom. The smallest absolute Gasteiger partial charge is 0.253 e. The van der Waals surface area contributed by atoms with E-state index in [4.69, 9.17) is 4.42 Å². The number of fused-ring (bicyclic) bond motifs is 1.